The van der Waals surface area contributed by atoms with Crippen molar-refractivity contribution in [1.82, 2.24) is 10.6 Å². The molecule has 0 aliphatic carbocycles. The lowest BCUT2D eigenvalue weighted by Gasteiger charge is -2.20. The van der Waals surface area contributed by atoms with E-state index in [9.17, 15) is 9.59 Å². The monoisotopic (exact) mass is 272 g/mol. The zero-order valence-electron chi connectivity index (χ0n) is 12.5. The van der Waals surface area contributed by atoms with Gasteiger partial charge in [-0.05, 0) is 37.5 Å². The van der Waals surface area contributed by atoms with Crippen molar-refractivity contribution in [2.24, 2.45) is 11.8 Å². The summed E-state index contributed by atoms with van der Waals surface area (Å²) in [5.74, 6) is 0.964. The van der Waals surface area contributed by atoms with Gasteiger partial charge in [0.25, 0.3) is 0 Å². The quantitative estimate of drug-likeness (QED) is 0.603. The van der Waals surface area contributed by atoms with E-state index in [0.29, 0.717) is 11.8 Å². The average Bonchev–Trinajstić information content (AvgIpc) is 2.29. The summed E-state index contributed by atoms with van der Waals surface area (Å²) in [5.41, 5.74) is 0. The number of carbonyl (C=O) groups is 2. The topological polar surface area (TPSA) is 78.4 Å². The molecular weight excluding hydrogens is 244 g/mol. The standard InChI is InChI=1S/C14H28N2O3/c1-10(2)5-7-12(8-6-11(3)4)16-13(17)9-15-14(18)19/h10-12,15H,5-9H2,1-4H3,(H,16,17)(H,18,19). The third kappa shape index (κ3) is 11.6. The Kier molecular flexibility index (Phi) is 9.00. The van der Waals surface area contributed by atoms with Crippen LogP contribution in [0.25, 0.3) is 0 Å². The molecule has 0 aromatic rings. The van der Waals surface area contributed by atoms with Gasteiger partial charge in [-0.1, -0.05) is 27.7 Å². The Bertz CT molecular complexity index is 266. The molecule has 0 aliphatic heterocycles. The largest absolute Gasteiger partial charge is 0.465 e. The number of hydrogen-bond acceptors (Lipinski definition) is 2. The van der Waals surface area contributed by atoms with Crippen molar-refractivity contribution in [3.8, 4) is 0 Å². The molecule has 0 aromatic carbocycles. The molecule has 0 atom stereocenters. The van der Waals surface area contributed by atoms with Crippen LogP contribution in [0.15, 0.2) is 0 Å². The maximum Gasteiger partial charge on any atom is 0.405 e. The van der Waals surface area contributed by atoms with Crippen LogP contribution in [-0.4, -0.2) is 29.7 Å². The molecule has 2 amide bonds. The number of amides is 2. The zero-order valence-corrected chi connectivity index (χ0v) is 12.5. The van der Waals surface area contributed by atoms with Crippen LogP contribution in [0, 0.1) is 11.8 Å². The van der Waals surface area contributed by atoms with E-state index in [1.807, 2.05) is 0 Å². The lowest BCUT2D eigenvalue weighted by molar-refractivity contribution is -0.121. The maximum atomic E-state index is 11.6. The van der Waals surface area contributed by atoms with Gasteiger partial charge in [0.1, 0.15) is 0 Å². The number of nitrogens with one attached hydrogen (secondary N) is 2. The first-order valence-corrected chi connectivity index (χ1v) is 7.07. The summed E-state index contributed by atoms with van der Waals surface area (Å²) in [7, 11) is 0. The first-order valence-electron chi connectivity index (χ1n) is 7.07. The van der Waals surface area contributed by atoms with Crippen LogP contribution < -0.4 is 10.6 Å². The van der Waals surface area contributed by atoms with E-state index in [0.717, 1.165) is 25.7 Å². The third-order valence-electron chi connectivity index (χ3n) is 2.95. The highest BCUT2D eigenvalue weighted by atomic mass is 16.4. The molecule has 0 aromatic heterocycles. The van der Waals surface area contributed by atoms with Gasteiger partial charge in [-0.2, -0.15) is 0 Å². The second-order valence-electron chi connectivity index (χ2n) is 5.87. The van der Waals surface area contributed by atoms with E-state index < -0.39 is 6.09 Å². The van der Waals surface area contributed by atoms with Gasteiger partial charge in [0.05, 0.1) is 6.54 Å². The summed E-state index contributed by atoms with van der Waals surface area (Å²) in [6, 6.07) is 0.146. The van der Waals surface area contributed by atoms with E-state index in [1.165, 1.54) is 0 Å². The molecule has 0 spiro atoms. The van der Waals surface area contributed by atoms with E-state index in [-0.39, 0.29) is 18.5 Å². The number of hydrogen-bond donors (Lipinski definition) is 3. The van der Waals surface area contributed by atoms with Crippen LogP contribution in [0.1, 0.15) is 53.4 Å². The van der Waals surface area contributed by atoms with Crippen molar-refractivity contribution in [3.05, 3.63) is 0 Å². The summed E-state index contributed by atoms with van der Waals surface area (Å²) < 4.78 is 0. The Labute approximate surface area is 116 Å². The predicted molar refractivity (Wildman–Crippen MR) is 76.1 cm³/mol. The highest BCUT2D eigenvalue weighted by molar-refractivity contribution is 5.81. The van der Waals surface area contributed by atoms with E-state index in [1.54, 1.807) is 0 Å². The van der Waals surface area contributed by atoms with Gasteiger partial charge < -0.3 is 15.7 Å². The van der Waals surface area contributed by atoms with Gasteiger partial charge in [-0.25, -0.2) is 4.79 Å². The van der Waals surface area contributed by atoms with Crippen molar-refractivity contribution in [1.29, 1.82) is 0 Å². The molecule has 5 heteroatoms. The number of rotatable bonds is 9. The minimum Gasteiger partial charge on any atom is -0.465 e. The molecule has 112 valence electrons. The van der Waals surface area contributed by atoms with Crippen molar-refractivity contribution < 1.29 is 14.7 Å². The van der Waals surface area contributed by atoms with E-state index >= 15 is 0 Å². The van der Waals surface area contributed by atoms with Crippen molar-refractivity contribution in [2.45, 2.75) is 59.4 Å². The minimum atomic E-state index is -1.17. The summed E-state index contributed by atoms with van der Waals surface area (Å²) in [6.45, 7) is 8.47. The fraction of sp³-hybridized carbons (Fsp3) is 0.857. The second-order valence-corrected chi connectivity index (χ2v) is 5.87. The molecule has 19 heavy (non-hydrogen) atoms. The first kappa shape index (κ1) is 17.7. The predicted octanol–water partition coefficient (Wildman–Crippen LogP) is 2.61. The highest BCUT2D eigenvalue weighted by Gasteiger charge is 2.14. The molecule has 0 saturated heterocycles. The molecule has 0 heterocycles. The molecule has 3 N–H and O–H groups in total. The molecule has 0 saturated carbocycles. The Morgan fingerprint density at radius 1 is 0.947 bits per heavy atom. The van der Waals surface area contributed by atoms with Crippen LogP contribution in [0.2, 0.25) is 0 Å². The molecule has 0 rings (SSSR count). The first-order chi connectivity index (χ1) is 8.81. The fourth-order valence-electron chi connectivity index (χ4n) is 1.79. The molecule has 0 bridgehead atoms. The van der Waals surface area contributed by atoms with Gasteiger partial charge in [-0.3, -0.25) is 4.79 Å². The summed E-state index contributed by atoms with van der Waals surface area (Å²) in [4.78, 5) is 21.9. The molecular formula is C14H28N2O3. The minimum absolute atomic E-state index is 0.146. The second kappa shape index (κ2) is 9.64. The van der Waals surface area contributed by atoms with Gasteiger partial charge >= 0.3 is 6.09 Å². The molecule has 0 unspecified atom stereocenters. The van der Waals surface area contributed by atoms with Crippen LogP contribution in [0.4, 0.5) is 4.79 Å². The lowest BCUT2D eigenvalue weighted by Crippen LogP contribution is -2.41. The summed E-state index contributed by atoms with van der Waals surface area (Å²) >= 11 is 0. The Morgan fingerprint density at radius 3 is 1.79 bits per heavy atom. The Morgan fingerprint density at radius 2 is 1.42 bits per heavy atom. The van der Waals surface area contributed by atoms with E-state index in [4.69, 9.17) is 5.11 Å². The number of carbonyl (C=O) groups excluding carboxylic acids is 1. The SMILES string of the molecule is CC(C)CCC(CCC(C)C)NC(=O)CNC(=O)O. The normalized spacial score (nSPS) is 11.1. The van der Waals surface area contributed by atoms with Crippen LogP contribution in [-0.2, 0) is 4.79 Å². The maximum absolute atomic E-state index is 11.6. The van der Waals surface area contributed by atoms with Gasteiger partial charge in [-0.15, -0.1) is 0 Å². The zero-order chi connectivity index (χ0) is 14.8. The van der Waals surface area contributed by atoms with Crippen molar-refractivity contribution in [2.75, 3.05) is 6.54 Å². The summed E-state index contributed by atoms with van der Waals surface area (Å²) in [5, 5.41) is 13.5. The van der Waals surface area contributed by atoms with Crippen LogP contribution in [0.5, 0.6) is 0 Å². The van der Waals surface area contributed by atoms with Gasteiger partial charge in [0, 0.05) is 6.04 Å². The highest BCUT2D eigenvalue weighted by Crippen LogP contribution is 2.14. The van der Waals surface area contributed by atoms with Crippen LogP contribution in [0.3, 0.4) is 0 Å². The van der Waals surface area contributed by atoms with Gasteiger partial charge in [0.2, 0.25) is 5.91 Å². The van der Waals surface area contributed by atoms with E-state index in [2.05, 4.69) is 38.3 Å². The van der Waals surface area contributed by atoms with Crippen LogP contribution >= 0.6 is 0 Å². The van der Waals surface area contributed by atoms with Gasteiger partial charge in [0.15, 0.2) is 0 Å². The Balaban J connectivity index is 4.14. The third-order valence-corrected chi connectivity index (χ3v) is 2.95. The molecule has 0 radical (unpaired) electrons. The lowest BCUT2D eigenvalue weighted by atomic mass is 9.97. The summed E-state index contributed by atoms with van der Waals surface area (Å²) in [6.07, 6.45) is 2.85. The Hall–Kier alpha value is -1.26. The smallest absolute Gasteiger partial charge is 0.405 e. The molecule has 5 nitrogen and oxygen atoms in total. The fourth-order valence-corrected chi connectivity index (χ4v) is 1.79. The van der Waals surface area contributed by atoms with Crippen molar-refractivity contribution >= 4 is 12.0 Å². The molecule has 0 aliphatic rings. The average molecular weight is 272 g/mol. The number of carboxylic acid groups (broad SMARTS) is 1. The molecule has 0 fully saturated rings. The van der Waals surface area contributed by atoms with Crippen molar-refractivity contribution in [3.63, 3.8) is 0 Å².